The zero-order valence-electron chi connectivity index (χ0n) is 16.4. The van der Waals surface area contributed by atoms with Gasteiger partial charge in [0, 0.05) is 50.7 Å². The van der Waals surface area contributed by atoms with Crippen molar-refractivity contribution in [3.05, 3.63) is 35.9 Å². The number of carbonyl (C=O) groups is 2. The monoisotopic (exact) mass is 373 g/mol. The summed E-state index contributed by atoms with van der Waals surface area (Å²) in [6.45, 7) is 8.18. The number of ether oxygens (including phenoxy) is 1. The molecule has 0 spiro atoms. The van der Waals surface area contributed by atoms with E-state index in [0.29, 0.717) is 18.5 Å². The van der Waals surface area contributed by atoms with Crippen molar-refractivity contribution in [1.29, 1.82) is 0 Å². The van der Waals surface area contributed by atoms with Crippen LogP contribution >= 0.6 is 0 Å². The Morgan fingerprint density at radius 1 is 1.15 bits per heavy atom. The second-order valence-electron chi connectivity index (χ2n) is 7.73. The summed E-state index contributed by atoms with van der Waals surface area (Å²) in [5.41, 5.74) is 0.625. The first kappa shape index (κ1) is 19.8. The van der Waals surface area contributed by atoms with Gasteiger partial charge in [-0.25, -0.2) is 0 Å². The second-order valence-corrected chi connectivity index (χ2v) is 7.73. The fourth-order valence-electron chi connectivity index (χ4n) is 4.20. The van der Waals surface area contributed by atoms with Crippen LogP contribution < -0.4 is 5.32 Å². The van der Waals surface area contributed by atoms with Crippen molar-refractivity contribution in [3.63, 3.8) is 0 Å². The van der Waals surface area contributed by atoms with Crippen LogP contribution in [0.3, 0.4) is 0 Å². The molecule has 6 nitrogen and oxygen atoms in total. The molecule has 0 aliphatic carbocycles. The Labute approximate surface area is 161 Å². The summed E-state index contributed by atoms with van der Waals surface area (Å²) in [7, 11) is 0. The zero-order valence-corrected chi connectivity index (χ0v) is 16.4. The van der Waals surface area contributed by atoms with Gasteiger partial charge in [0.1, 0.15) is 0 Å². The van der Waals surface area contributed by atoms with Gasteiger partial charge < -0.3 is 15.0 Å². The van der Waals surface area contributed by atoms with Crippen LogP contribution in [0.2, 0.25) is 0 Å². The third-order valence-corrected chi connectivity index (χ3v) is 5.32. The van der Waals surface area contributed by atoms with Crippen LogP contribution in [0.25, 0.3) is 0 Å². The number of morpholine rings is 1. The molecule has 0 unspecified atom stereocenters. The van der Waals surface area contributed by atoms with E-state index in [1.165, 1.54) is 0 Å². The van der Waals surface area contributed by atoms with E-state index in [4.69, 9.17) is 4.74 Å². The Hall–Kier alpha value is -1.92. The van der Waals surface area contributed by atoms with E-state index in [9.17, 15) is 9.59 Å². The van der Waals surface area contributed by atoms with Gasteiger partial charge in [-0.3, -0.25) is 14.5 Å². The average molecular weight is 373 g/mol. The molecule has 0 aromatic heterocycles. The SMILES string of the molecule is C[C@@H]1CN(C[C@H]2CCCN2C(=O)CCNC(=O)c2ccccc2)C[C@H](C)O1. The largest absolute Gasteiger partial charge is 0.373 e. The number of likely N-dealkylation sites (tertiary alicyclic amines) is 1. The van der Waals surface area contributed by atoms with E-state index in [-0.39, 0.29) is 30.1 Å². The predicted molar refractivity (Wildman–Crippen MR) is 105 cm³/mol. The highest BCUT2D eigenvalue weighted by molar-refractivity contribution is 5.94. The maximum atomic E-state index is 12.7. The molecule has 2 saturated heterocycles. The topological polar surface area (TPSA) is 61.9 Å². The van der Waals surface area contributed by atoms with E-state index in [0.717, 1.165) is 39.0 Å². The quantitative estimate of drug-likeness (QED) is 0.827. The van der Waals surface area contributed by atoms with Crippen LogP contribution in [-0.4, -0.2) is 72.6 Å². The molecular weight excluding hydrogens is 342 g/mol. The number of nitrogens with one attached hydrogen (secondary N) is 1. The third kappa shape index (κ3) is 5.53. The van der Waals surface area contributed by atoms with Crippen LogP contribution in [0.5, 0.6) is 0 Å². The number of carbonyl (C=O) groups excluding carboxylic acids is 2. The van der Waals surface area contributed by atoms with Gasteiger partial charge in [0.05, 0.1) is 12.2 Å². The average Bonchev–Trinajstić information content (AvgIpc) is 3.09. The molecule has 6 heteroatoms. The van der Waals surface area contributed by atoms with Crippen LogP contribution in [0.1, 0.15) is 43.5 Å². The lowest BCUT2D eigenvalue weighted by atomic mass is 10.1. The first-order chi connectivity index (χ1) is 13.0. The van der Waals surface area contributed by atoms with Crippen LogP contribution in [-0.2, 0) is 9.53 Å². The van der Waals surface area contributed by atoms with Gasteiger partial charge in [0.25, 0.3) is 5.91 Å². The number of nitrogens with zero attached hydrogens (tertiary/aromatic N) is 2. The standard InChI is InChI=1S/C21H31N3O3/c1-16-13-23(14-17(2)27-16)15-19-9-6-12-24(19)20(25)10-11-22-21(26)18-7-4-3-5-8-18/h3-5,7-8,16-17,19H,6,9-15H2,1-2H3,(H,22,26)/t16-,17+,19-/m1/s1. The summed E-state index contributed by atoms with van der Waals surface area (Å²) in [5.74, 6) is 0.0119. The summed E-state index contributed by atoms with van der Waals surface area (Å²) in [6, 6.07) is 9.38. The summed E-state index contributed by atoms with van der Waals surface area (Å²) < 4.78 is 5.80. The van der Waals surface area contributed by atoms with Gasteiger partial charge in [0.2, 0.25) is 5.91 Å². The molecule has 1 N–H and O–H groups in total. The minimum absolute atomic E-state index is 0.127. The molecule has 2 amide bonds. The minimum Gasteiger partial charge on any atom is -0.373 e. The van der Waals surface area contributed by atoms with Crippen molar-refractivity contribution >= 4 is 11.8 Å². The normalized spacial score (nSPS) is 26.1. The fourth-order valence-corrected chi connectivity index (χ4v) is 4.20. The molecule has 2 fully saturated rings. The number of hydrogen-bond acceptors (Lipinski definition) is 4. The highest BCUT2D eigenvalue weighted by Gasteiger charge is 2.32. The molecule has 3 atom stereocenters. The van der Waals surface area contributed by atoms with Gasteiger partial charge in [-0.05, 0) is 38.8 Å². The predicted octanol–water partition coefficient (Wildman–Crippen LogP) is 1.91. The van der Waals surface area contributed by atoms with E-state index >= 15 is 0 Å². The van der Waals surface area contributed by atoms with Crippen molar-refractivity contribution in [1.82, 2.24) is 15.1 Å². The molecular formula is C21H31N3O3. The van der Waals surface area contributed by atoms with E-state index in [2.05, 4.69) is 24.1 Å². The van der Waals surface area contributed by atoms with Crippen molar-refractivity contribution in [2.75, 3.05) is 32.7 Å². The Bertz CT molecular complexity index is 627. The van der Waals surface area contributed by atoms with E-state index < -0.39 is 0 Å². The molecule has 2 aliphatic rings. The molecule has 27 heavy (non-hydrogen) atoms. The second kappa shape index (κ2) is 9.33. The lowest BCUT2D eigenvalue weighted by Gasteiger charge is -2.38. The van der Waals surface area contributed by atoms with Crippen LogP contribution in [0.15, 0.2) is 30.3 Å². The molecule has 0 radical (unpaired) electrons. The summed E-state index contributed by atoms with van der Waals surface area (Å²) >= 11 is 0. The molecule has 3 rings (SSSR count). The first-order valence-corrected chi connectivity index (χ1v) is 10.0. The number of hydrogen-bond donors (Lipinski definition) is 1. The van der Waals surface area contributed by atoms with Crippen molar-refractivity contribution in [2.24, 2.45) is 0 Å². The van der Waals surface area contributed by atoms with Crippen molar-refractivity contribution in [2.45, 2.75) is 51.4 Å². The molecule has 0 bridgehead atoms. The van der Waals surface area contributed by atoms with Gasteiger partial charge in [0.15, 0.2) is 0 Å². The van der Waals surface area contributed by atoms with Gasteiger partial charge >= 0.3 is 0 Å². The number of benzene rings is 1. The Balaban J connectivity index is 1.45. The highest BCUT2D eigenvalue weighted by atomic mass is 16.5. The number of amides is 2. The molecule has 1 aromatic carbocycles. The summed E-state index contributed by atoms with van der Waals surface area (Å²) in [6.07, 6.45) is 2.95. The minimum atomic E-state index is -0.127. The molecule has 2 aliphatic heterocycles. The van der Waals surface area contributed by atoms with Gasteiger partial charge in [-0.1, -0.05) is 18.2 Å². The van der Waals surface area contributed by atoms with Gasteiger partial charge in [-0.15, -0.1) is 0 Å². The summed E-state index contributed by atoms with van der Waals surface area (Å²) in [4.78, 5) is 29.2. The van der Waals surface area contributed by atoms with Crippen molar-refractivity contribution < 1.29 is 14.3 Å². The summed E-state index contributed by atoms with van der Waals surface area (Å²) in [5, 5.41) is 2.85. The Morgan fingerprint density at radius 3 is 2.56 bits per heavy atom. The Morgan fingerprint density at radius 2 is 1.85 bits per heavy atom. The van der Waals surface area contributed by atoms with Gasteiger partial charge in [-0.2, -0.15) is 0 Å². The highest BCUT2D eigenvalue weighted by Crippen LogP contribution is 2.21. The molecule has 0 saturated carbocycles. The lowest BCUT2D eigenvalue weighted by molar-refractivity contribution is -0.132. The third-order valence-electron chi connectivity index (χ3n) is 5.32. The smallest absolute Gasteiger partial charge is 0.251 e. The molecule has 1 aromatic rings. The zero-order chi connectivity index (χ0) is 19.2. The lowest BCUT2D eigenvalue weighted by Crippen LogP contribution is -2.51. The van der Waals surface area contributed by atoms with Crippen molar-refractivity contribution in [3.8, 4) is 0 Å². The van der Waals surface area contributed by atoms with E-state index in [1.807, 2.05) is 23.1 Å². The number of rotatable bonds is 6. The van der Waals surface area contributed by atoms with Crippen LogP contribution in [0.4, 0.5) is 0 Å². The molecule has 148 valence electrons. The Kier molecular flexibility index (Phi) is 6.85. The maximum absolute atomic E-state index is 12.7. The maximum Gasteiger partial charge on any atom is 0.251 e. The fraction of sp³-hybridized carbons (Fsp3) is 0.619. The first-order valence-electron chi connectivity index (χ1n) is 10.0. The van der Waals surface area contributed by atoms with E-state index in [1.54, 1.807) is 12.1 Å². The molecule has 2 heterocycles. The van der Waals surface area contributed by atoms with Crippen LogP contribution in [0, 0.1) is 0 Å².